The van der Waals surface area contributed by atoms with Gasteiger partial charge < -0.3 is 9.47 Å². The quantitative estimate of drug-likeness (QED) is 0.611. The maximum atomic E-state index is 12.4. The van der Waals surface area contributed by atoms with Crippen molar-refractivity contribution in [3.05, 3.63) is 35.4 Å². The standard InChI is InChI=1S/C12H8F3NO3/c1-18-10(17)11(6-16)9(19-11)7-2-4-8(5-3-7)12(13,14)15/h2-5,9H,1H3. The molecule has 1 aromatic carbocycles. The molecule has 1 saturated heterocycles. The molecule has 1 aliphatic rings. The Hall–Kier alpha value is -2.07. The number of benzene rings is 1. The maximum Gasteiger partial charge on any atom is 0.416 e. The molecule has 0 spiro atoms. The molecule has 7 heteroatoms. The van der Waals surface area contributed by atoms with E-state index in [4.69, 9.17) is 10.00 Å². The van der Waals surface area contributed by atoms with E-state index in [0.717, 1.165) is 19.2 Å². The highest BCUT2D eigenvalue weighted by atomic mass is 19.4. The number of alkyl halides is 3. The van der Waals surface area contributed by atoms with Crippen molar-refractivity contribution in [2.45, 2.75) is 17.9 Å². The van der Waals surface area contributed by atoms with Crippen molar-refractivity contribution in [3.8, 4) is 6.07 Å². The second-order valence-corrected chi connectivity index (χ2v) is 3.96. The van der Waals surface area contributed by atoms with Gasteiger partial charge in [0, 0.05) is 0 Å². The van der Waals surface area contributed by atoms with Crippen LogP contribution in [0, 0.1) is 11.3 Å². The third kappa shape index (κ3) is 2.15. The Morgan fingerprint density at radius 3 is 2.42 bits per heavy atom. The Morgan fingerprint density at radius 1 is 1.42 bits per heavy atom. The number of nitrogens with zero attached hydrogens (tertiary/aromatic N) is 1. The summed E-state index contributed by atoms with van der Waals surface area (Å²) in [6.45, 7) is 0. The molecule has 0 aromatic heterocycles. The van der Waals surface area contributed by atoms with Crippen LogP contribution >= 0.6 is 0 Å². The predicted octanol–water partition coefficient (Wildman–Crippen LogP) is 2.21. The lowest BCUT2D eigenvalue weighted by Gasteiger charge is -2.06. The Labute approximate surface area is 106 Å². The van der Waals surface area contributed by atoms with Crippen LogP contribution in [0.4, 0.5) is 13.2 Å². The van der Waals surface area contributed by atoms with Crippen LogP contribution in [0.3, 0.4) is 0 Å². The average molecular weight is 271 g/mol. The summed E-state index contributed by atoms with van der Waals surface area (Å²) in [5, 5.41) is 8.92. The number of methoxy groups -OCH3 is 1. The van der Waals surface area contributed by atoms with Gasteiger partial charge in [0.25, 0.3) is 5.60 Å². The highest BCUT2D eigenvalue weighted by Crippen LogP contribution is 2.50. The maximum absolute atomic E-state index is 12.4. The molecule has 0 radical (unpaired) electrons. The number of rotatable bonds is 2. The van der Waals surface area contributed by atoms with Crippen molar-refractivity contribution in [1.82, 2.24) is 0 Å². The van der Waals surface area contributed by atoms with Crippen molar-refractivity contribution < 1.29 is 27.4 Å². The van der Waals surface area contributed by atoms with Gasteiger partial charge in [-0.1, -0.05) is 12.1 Å². The van der Waals surface area contributed by atoms with Crippen molar-refractivity contribution in [2.75, 3.05) is 7.11 Å². The molecule has 0 saturated carbocycles. The van der Waals surface area contributed by atoms with Gasteiger partial charge in [0.05, 0.1) is 12.7 Å². The zero-order valence-corrected chi connectivity index (χ0v) is 9.69. The van der Waals surface area contributed by atoms with E-state index in [0.29, 0.717) is 5.56 Å². The number of halogens is 3. The third-order valence-electron chi connectivity index (χ3n) is 2.81. The average Bonchev–Trinajstić information content (AvgIpc) is 3.13. The molecule has 0 N–H and O–H groups in total. The highest BCUT2D eigenvalue weighted by molar-refractivity contribution is 5.87. The number of hydrogen-bond acceptors (Lipinski definition) is 4. The van der Waals surface area contributed by atoms with Crippen LogP contribution in [0.1, 0.15) is 17.2 Å². The van der Waals surface area contributed by atoms with Crippen LogP contribution in [0.2, 0.25) is 0 Å². The van der Waals surface area contributed by atoms with E-state index in [-0.39, 0.29) is 0 Å². The number of nitriles is 1. The molecule has 1 heterocycles. The topological polar surface area (TPSA) is 62.6 Å². The molecule has 0 bridgehead atoms. The fourth-order valence-electron chi connectivity index (χ4n) is 1.74. The van der Waals surface area contributed by atoms with Gasteiger partial charge in [0.15, 0.2) is 0 Å². The summed E-state index contributed by atoms with van der Waals surface area (Å²) >= 11 is 0. The van der Waals surface area contributed by atoms with Crippen molar-refractivity contribution in [2.24, 2.45) is 0 Å². The summed E-state index contributed by atoms with van der Waals surface area (Å²) in [5.74, 6) is -0.861. The number of epoxide rings is 1. The lowest BCUT2D eigenvalue weighted by atomic mass is 10.00. The second-order valence-electron chi connectivity index (χ2n) is 3.96. The molecule has 2 atom stereocenters. The first-order chi connectivity index (χ1) is 8.85. The van der Waals surface area contributed by atoms with Gasteiger partial charge in [-0.2, -0.15) is 18.4 Å². The molecular formula is C12H8F3NO3. The minimum Gasteiger partial charge on any atom is -0.466 e. The van der Waals surface area contributed by atoms with E-state index in [1.54, 1.807) is 6.07 Å². The molecule has 2 unspecified atom stereocenters. The Bertz CT molecular complexity index is 547. The van der Waals surface area contributed by atoms with E-state index in [9.17, 15) is 18.0 Å². The molecular weight excluding hydrogens is 263 g/mol. The minimum atomic E-state index is -4.43. The van der Waals surface area contributed by atoms with Gasteiger partial charge in [0.2, 0.25) is 0 Å². The second kappa shape index (κ2) is 4.24. The molecule has 2 rings (SSSR count). The number of ether oxygens (including phenoxy) is 2. The molecule has 100 valence electrons. The van der Waals surface area contributed by atoms with Crippen molar-refractivity contribution in [1.29, 1.82) is 5.26 Å². The van der Waals surface area contributed by atoms with Gasteiger partial charge in [-0.15, -0.1) is 0 Å². The summed E-state index contributed by atoms with van der Waals surface area (Å²) in [6, 6.07) is 5.77. The predicted molar refractivity (Wildman–Crippen MR) is 55.6 cm³/mol. The zero-order chi connectivity index (χ0) is 14.3. The fourth-order valence-corrected chi connectivity index (χ4v) is 1.74. The van der Waals surface area contributed by atoms with Gasteiger partial charge >= 0.3 is 12.1 Å². The zero-order valence-electron chi connectivity index (χ0n) is 9.69. The first-order valence-electron chi connectivity index (χ1n) is 5.20. The number of carbonyl (C=O) groups is 1. The van der Waals surface area contributed by atoms with Gasteiger partial charge in [-0.05, 0) is 17.7 Å². The van der Waals surface area contributed by atoms with Crippen LogP contribution in [-0.2, 0) is 20.4 Å². The van der Waals surface area contributed by atoms with Crippen LogP contribution in [0.5, 0.6) is 0 Å². The van der Waals surface area contributed by atoms with E-state index in [1.165, 1.54) is 12.1 Å². The normalized spacial score (nSPS) is 25.5. The Morgan fingerprint density at radius 2 is 2.00 bits per heavy atom. The first kappa shape index (κ1) is 13.4. The lowest BCUT2D eigenvalue weighted by molar-refractivity contribution is -0.144. The molecule has 1 aromatic rings. The smallest absolute Gasteiger partial charge is 0.416 e. The van der Waals surface area contributed by atoms with Crippen LogP contribution in [0.25, 0.3) is 0 Å². The largest absolute Gasteiger partial charge is 0.466 e. The van der Waals surface area contributed by atoms with Crippen LogP contribution in [0.15, 0.2) is 24.3 Å². The van der Waals surface area contributed by atoms with Gasteiger partial charge in [-0.3, -0.25) is 0 Å². The number of carbonyl (C=O) groups excluding carboxylic acids is 1. The molecule has 0 amide bonds. The minimum absolute atomic E-state index is 0.319. The van der Waals surface area contributed by atoms with Gasteiger partial charge in [-0.25, -0.2) is 4.79 Å². The number of hydrogen-bond donors (Lipinski definition) is 0. The Balaban J connectivity index is 2.23. The van der Waals surface area contributed by atoms with Crippen molar-refractivity contribution >= 4 is 5.97 Å². The summed E-state index contributed by atoms with van der Waals surface area (Å²) in [7, 11) is 1.10. The fraction of sp³-hybridized carbons (Fsp3) is 0.333. The monoisotopic (exact) mass is 271 g/mol. The van der Waals surface area contributed by atoms with E-state index >= 15 is 0 Å². The highest BCUT2D eigenvalue weighted by Gasteiger charge is 2.65. The summed E-state index contributed by atoms with van der Waals surface area (Å²) in [4.78, 5) is 11.4. The summed E-state index contributed by atoms with van der Waals surface area (Å²) in [6.07, 6.45) is -5.33. The molecule has 4 nitrogen and oxygen atoms in total. The van der Waals surface area contributed by atoms with E-state index < -0.39 is 29.4 Å². The lowest BCUT2D eigenvalue weighted by Crippen LogP contribution is -2.24. The molecule has 1 aliphatic heterocycles. The van der Waals surface area contributed by atoms with E-state index in [2.05, 4.69) is 4.74 Å². The van der Waals surface area contributed by atoms with Crippen LogP contribution in [-0.4, -0.2) is 18.7 Å². The first-order valence-corrected chi connectivity index (χ1v) is 5.20. The molecule has 19 heavy (non-hydrogen) atoms. The van der Waals surface area contributed by atoms with E-state index in [1.807, 2.05) is 0 Å². The molecule has 1 fully saturated rings. The number of esters is 1. The Kier molecular flexibility index (Phi) is 2.98. The van der Waals surface area contributed by atoms with Crippen LogP contribution < -0.4 is 0 Å². The SMILES string of the molecule is COC(=O)C1(C#N)OC1c1ccc(C(F)(F)F)cc1. The summed E-state index contributed by atoms with van der Waals surface area (Å²) in [5.41, 5.74) is -2.23. The van der Waals surface area contributed by atoms with Crippen molar-refractivity contribution in [3.63, 3.8) is 0 Å². The summed E-state index contributed by atoms with van der Waals surface area (Å²) < 4.78 is 46.6. The third-order valence-corrected chi connectivity index (χ3v) is 2.81. The van der Waals surface area contributed by atoms with Gasteiger partial charge in [0.1, 0.15) is 12.2 Å². The molecule has 0 aliphatic carbocycles.